The minimum absolute atomic E-state index is 0.0169. The lowest BCUT2D eigenvalue weighted by atomic mass is 10.2. The van der Waals surface area contributed by atoms with E-state index in [4.69, 9.17) is 0 Å². The first-order valence-corrected chi connectivity index (χ1v) is 3.69. The Kier molecular flexibility index (Phi) is 3.11. The second kappa shape index (κ2) is 4.13. The van der Waals surface area contributed by atoms with Gasteiger partial charge in [0.15, 0.2) is 6.61 Å². The van der Waals surface area contributed by atoms with E-state index >= 15 is 0 Å². The summed E-state index contributed by atoms with van der Waals surface area (Å²) in [6.45, 7) is -1.41. The van der Waals surface area contributed by atoms with E-state index in [1.807, 2.05) is 0 Å². The largest absolute Gasteiger partial charge is 0.483 e. The molecule has 0 bridgehead atoms. The molecular formula is C9H6F3O2. The monoisotopic (exact) mass is 203 g/mol. The highest BCUT2D eigenvalue weighted by molar-refractivity contribution is 5.79. The van der Waals surface area contributed by atoms with Crippen molar-refractivity contribution in [2.45, 2.75) is 6.18 Å². The Morgan fingerprint density at radius 1 is 1.29 bits per heavy atom. The maximum Gasteiger partial charge on any atom is 0.422 e. The third-order valence-electron chi connectivity index (χ3n) is 1.39. The van der Waals surface area contributed by atoms with Crippen LogP contribution in [0.25, 0.3) is 0 Å². The Morgan fingerprint density at radius 2 is 1.93 bits per heavy atom. The quantitative estimate of drug-likeness (QED) is 0.751. The molecule has 0 aliphatic heterocycles. The standard InChI is InChI=1S/C9H6F3O2/c10-9(11,12)6-14-8-4-2-1-3-7(8)5-13/h1-4H,6H2. The third-order valence-corrected chi connectivity index (χ3v) is 1.39. The predicted octanol–water partition coefficient (Wildman–Crippen LogP) is 2.09. The van der Waals surface area contributed by atoms with Gasteiger partial charge in [-0.05, 0) is 12.1 Å². The molecule has 0 spiro atoms. The summed E-state index contributed by atoms with van der Waals surface area (Å²) in [5.74, 6) is -0.111. The van der Waals surface area contributed by atoms with Gasteiger partial charge >= 0.3 is 6.18 Å². The number of hydrogen-bond donors (Lipinski definition) is 0. The summed E-state index contributed by atoms with van der Waals surface area (Å²) in [6.07, 6.45) is -2.92. The first-order chi connectivity index (χ1) is 6.53. The van der Waals surface area contributed by atoms with Crippen LogP contribution in [0.3, 0.4) is 0 Å². The number of halogens is 3. The van der Waals surface area contributed by atoms with Crippen LogP contribution in [0.1, 0.15) is 5.56 Å². The van der Waals surface area contributed by atoms with Crippen molar-refractivity contribution in [3.63, 3.8) is 0 Å². The molecule has 1 rings (SSSR count). The number of hydrogen-bond acceptors (Lipinski definition) is 2. The van der Waals surface area contributed by atoms with Gasteiger partial charge in [0.1, 0.15) is 5.75 Å². The second-order valence-electron chi connectivity index (χ2n) is 2.50. The highest BCUT2D eigenvalue weighted by atomic mass is 19.4. The number of para-hydroxylation sites is 1. The smallest absolute Gasteiger partial charge is 0.422 e. The van der Waals surface area contributed by atoms with Gasteiger partial charge in [-0.15, -0.1) is 0 Å². The molecule has 75 valence electrons. The molecule has 0 heterocycles. The van der Waals surface area contributed by atoms with E-state index in [-0.39, 0.29) is 11.3 Å². The Hall–Kier alpha value is -1.52. The molecule has 5 heteroatoms. The summed E-state index contributed by atoms with van der Waals surface area (Å²) < 4.78 is 39.7. The van der Waals surface area contributed by atoms with Crippen LogP contribution in [0.2, 0.25) is 0 Å². The minimum atomic E-state index is -4.41. The van der Waals surface area contributed by atoms with Gasteiger partial charge in [-0.1, -0.05) is 12.1 Å². The molecule has 2 nitrogen and oxygen atoms in total. The van der Waals surface area contributed by atoms with Gasteiger partial charge in [0.2, 0.25) is 6.29 Å². The van der Waals surface area contributed by atoms with Crippen LogP contribution in [-0.2, 0) is 4.79 Å². The Bertz CT molecular complexity index is 320. The van der Waals surface area contributed by atoms with Gasteiger partial charge in [-0.3, -0.25) is 4.79 Å². The number of ether oxygens (including phenoxy) is 1. The molecule has 0 atom stereocenters. The van der Waals surface area contributed by atoms with Gasteiger partial charge in [0.25, 0.3) is 0 Å². The first kappa shape index (κ1) is 10.6. The zero-order valence-corrected chi connectivity index (χ0v) is 6.97. The van der Waals surface area contributed by atoms with E-state index in [0.29, 0.717) is 0 Å². The van der Waals surface area contributed by atoms with Crippen LogP contribution >= 0.6 is 0 Å². The fourth-order valence-corrected chi connectivity index (χ4v) is 0.836. The maximum absolute atomic E-state index is 11.8. The minimum Gasteiger partial charge on any atom is -0.483 e. The summed E-state index contributed by atoms with van der Waals surface area (Å²) in [5.41, 5.74) is -0.0169. The fraction of sp³-hybridized carbons (Fsp3) is 0.222. The van der Waals surface area contributed by atoms with Crippen molar-refractivity contribution in [3.8, 4) is 5.75 Å². The number of rotatable bonds is 3. The van der Waals surface area contributed by atoms with Crippen molar-refractivity contribution in [2.75, 3.05) is 6.61 Å². The Labute approximate surface area is 78.3 Å². The van der Waals surface area contributed by atoms with Crippen LogP contribution in [0.5, 0.6) is 5.75 Å². The normalized spacial score (nSPS) is 11.1. The summed E-state index contributed by atoms with van der Waals surface area (Å²) in [6, 6.07) is 5.61. The van der Waals surface area contributed by atoms with E-state index in [9.17, 15) is 18.0 Å². The molecule has 0 aliphatic rings. The molecule has 1 radical (unpaired) electrons. The van der Waals surface area contributed by atoms with Crippen LogP contribution in [0.15, 0.2) is 24.3 Å². The van der Waals surface area contributed by atoms with Crippen LogP contribution < -0.4 is 4.74 Å². The molecule has 0 aliphatic carbocycles. The number of benzene rings is 1. The summed E-state index contributed by atoms with van der Waals surface area (Å²) >= 11 is 0. The van der Waals surface area contributed by atoms with Crippen molar-refractivity contribution in [1.29, 1.82) is 0 Å². The average molecular weight is 203 g/mol. The van der Waals surface area contributed by atoms with Gasteiger partial charge in [0, 0.05) is 0 Å². The summed E-state index contributed by atoms with van der Waals surface area (Å²) in [4.78, 5) is 10.3. The maximum atomic E-state index is 11.8. The third kappa shape index (κ3) is 3.08. The molecule has 0 amide bonds. The Balaban J connectivity index is 2.71. The van der Waals surface area contributed by atoms with E-state index in [1.165, 1.54) is 30.6 Å². The molecule has 0 saturated carbocycles. The summed E-state index contributed by atoms with van der Waals surface area (Å²) in [7, 11) is 0. The van der Waals surface area contributed by atoms with Crippen molar-refractivity contribution in [3.05, 3.63) is 29.8 Å². The second-order valence-corrected chi connectivity index (χ2v) is 2.50. The molecule has 0 aromatic heterocycles. The number of alkyl halides is 3. The van der Waals surface area contributed by atoms with Crippen molar-refractivity contribution >= 4 is 6.29 Å². The van der Waals surface area contributed by atoms with Gasteiger partial charge in [-0.25, -0.2) is 0 Å². The average Bonchev–Trinajstić information content (AvgIpc) is 2.14. The number of carbonyl (C=O) groups excluding carboxylic acids is 1. The molecule has 0 saturated heterocycles. The lowest BCUT2D eigenvalue weighted by molar-refractivity contribution is -0.153. The van der Waals surface area contributed by atoms with Gasteiger partial charge in [-0.2, -0.15) is 13.2 Å². The molecule has 1 aromatic carbocycles. The molecule has 0 unspecified atom stereocenters. The lowest BCUT2D eigenvalue weighted by Crippen LogP contribution is -2.19. The van der Waals surface area contributed by atoms with Crippen molar-refractivity contribution in [2.24, 2.45) is 0 Å². The topological polar surface area (TPSA) is 26.3 Å². The molecule has 0 N–H and O–H groups in total. The van der Waals surface area contributed by atoms with Crippen molar-refractivity contribution < 1.29 is 22.7 Å². The predicted molar refractivity (Wildman–Crippen MR) is 42.8 cm³/mol. The first-order valence-electron chi connectivity index (χ1n) is 3.69. The molecular weight excluding hydrogens is 197 g/mol. The zero-order chi connectivity index (χ0) is 10.6. The lowest BCUT2D eigenvalue weighted by Gasteiger charge is -2.09. The van der Waals surface area contributed by atoms with Gasteiger partial charge < -0.3 is 4.74 Å². The van der Waals surface area contributed by atoms with E-state index in [2.05, 4.69) is 4.74 Å². The molecule has 14 heavy (non-hydrogen) atoms. The van der Waals surface area contributed by atoms with Crippen LogP contribution in [0.4, 0.5) is 13.2 Å². The van der Waals surface area contributed by atoms with E-state index in [0.717, 1.165) is 0 Å². The van der Waals surface area contributed by atoms with Crippen LogP contribution in [-0.4, -0.2) is 19.1 Å². The van der Waals surface area contributed by atoms with E-state index in [1.54, 1.807) is 0 Å². The highest BCUT2D eigenvalue weighted by Crippen LogP contribution is 2.20. The summed E-state index contributed by atoms with van der Waals surface area (Å²) in [5, 5.41) is 0. The molecule has 0 fully saturated rings. The van der Waals surface area contributed by atoms with Gasteiger partial charge in [0.05, 0.1) is 5.56 Å². The fourth-order valence-electron chi connectivity index (χ4n) is 0.836. The zero-order valence-electron chi connectivity index (χ0n) is 6.97. The molecule has 1 aromatic rings. The van der Waals surface area contributed by atoms with E-state index < -0.39 is 12.8 Å². The van der Waals surface area contributed by atoms with Crippen LogP contribution in [0, 0.1) is 0 Å². The Morgan fingerprint density at radius 3 is 2.50 bits per heavy atom. The highest BCUT2D eigenvalue weighted by Gasteiger charge is 2.28. The SMILES string of the molecule is O=[C]c1ccccc1OCC(F)(F)F. The van der Waals surface area contributed by atoms with Crippen molar-refractivity contribution in [1.82, 2.24) is 0 Å².